The van der Waals surface area contributed by atoms with Gasteiger partial charge < -0.3 is 10.2 Å². The third-order valence-corrected chi connectivity index (χ3v) is 8.12. The molecule has 7 nitrogen and oxygen atoms in total. The normalized spacial score (nSPS) is 12.0. The van der Waals surface area contributed by atoms with Gasteiger partial charge in [0.15, 0.2) is 0 Å². The minimum absolute atomic E-state index is 0.0939. The van der Waals surface area contributed by atoms with Crippen LogP contribution in [0.3, 0.4) is 0 Å². The van der Waals surface area contributed by atoms with Crippen LogP contribution < -0.4 is 9.62 Å². The summed E-state index contributed by atoms with van der Waals surface area (Å²) < 4.78 is 28.8. The second-order valence-corrected chi connectivity index (χ2v) is 11.5. The van der Waals surface area contributed by atoms with Crippen molar-refractivity contribution in [2.75, 3.05) is 17.4 Å². The van der Waals surface area contributed by atoms with Crippen molar-refractivity contribution in [3.8, 4) is 0 Å². The third-order valence-electron chi connectivity index (χ3n) is 6.33. The van der Waals surface area contributed by atoms with E-state index in [-0.39, 0.29) is 17.3 Å². The summed E-state index contributed by atoms with van der Waals surface area (Å²) in [5, 5.41) is 2.85. The number of hydrogen-bond donors (Lipinski definition) is 1. The SMILES string of the molecule is CCCNC(=O)C(C)N(Cc1cccc(C)c1)C(=O)CN(c1cccc(C)c1)S(=O)(=O)c1ccc(C)cc1. The molecule has 0 aliphatic carbocycles. The summed E-state index contributed by atoms with van der Waals surface area (Å²) in [5.41, 5.74) is 4.07. The molecule has 0 saturated heterocycles. The van der Waals surface area contributed by atoms with E-state index in [0.717, 1.165) is 33.0 Å². The van der Waals surface area contributed by atoms with E-state index in [1.165, 1.54) is 4.90 Å². The van der Waals surface area contributed by atoms with Gasteiger partial charge in [0.25, 0.3) is 10.0 Å². The Kier molecular flexibility index (Phi) is 9.69. The molecule has 1 N–H and O–H groups in total. The second kappa shape index (κ2) is 12.7. The van der Waals surface area contributed by atoms with Crippen molar-refractivity contribution < 1.29 is 18.0 Å². The minimum Gasteiger partial charge on any atom is -0.354 e. The molecule has 0 aliphatic heterocycles. The Hall–Kier alpha value is -3.65. The van der Waals surface area contributed by atoms with Gasteiger partial charge in [0.2, 0.25) is 11.8 Å². The van der Waals surface area contributed by atoms with Crippen LogP contribution >= 0.6 is 0 Å². The monoisotopic (exact) mass is 535 g/mol. The first-order chi connectivity index (χ1) is 18.0. The van der Waals surface area contributed by atoms with Crippen LogP contribution in [0.2, 0.25) is 0 Å². The Morgan fingerprint density at radius 2 is 1.50 bits per heavy atom. The highest BCUT2D eigenvalue weighted by Crippen LogP contribution is 2.25. The van der Waals surface area contributed by atoms with Crippen LogP contribution in [0.25, 0.3) is 0 Å². The van der Waals surface area contributed by atoms with Crippen molar-refractivity contribution in [3.05, 3.63) is 95.1 Å². The van der Waals surface area contributed by atoms with E-state index < -0.39 is 28.5 Å². The zero-order valence-corrected chi connectivity index (χ0v) is 23.6. The van der Waals surface area contributed by atoms with Crippen LogP contribution in [0.1, 0.15) is 42.5 Å². The van der Waals surface area contributed by atoms with Crippen molar-refractivity contribution in [1.82, 2.24) is 10.2 Å². The van der Waals surface area contributed by atoms with Crippen LogP contribution in [0.15, 0.2) is 77.7 Å². The first-order valence-electron chi connectivity index (χ1n) is 12.8. The molecule has 8 heteroatoms. The molecule has 3 rings (SSSR count). The maximum absolute atomic E-state index is 13.9. The number of rotatable bonds is 11. The lowest BCUT2D eigenvalue weighted by atomic mass is 10.1. The molecular formula is C30H37N3O4S. The van der Waals surface area contributed by atoms with Crippen LogP contribution in [0.5, 0.6) is 0 Å². The van der Waals surface area contributed by atoms with Crippen LogP contribution in [-0.4, -0.2) is 44.3 Å². The molecule has 202 valence electrons. The summed E-state index contributed by atoms with van der Waals surface area (Å²) >= 11 is 0. The smallest absolute Gasteiger partial charge is 0.264 e. The summed E-state index contributed by atoms with van der Waals surface area (Å²) in [4.78, 5) is 28.4. The summed E-state index contributed by atoms with van der Waals surface area (Å²) in [7, 11) is -4.07. The standard InChI is InChI=1S/C30H37N3O4S/c1-6-17-31-30(35)25(5)32(20-26-11-7-9-23(3)18-26)29(34)21-33(27-12-8-10-24(4)19-27)38(36,37)28-15-13-22(2)14-16-28/h7-16,18-19,25H,6,17,20-21H2,1-5H3,(H,31,35). The Balaban J connectivity index is 2.02. The van der Waals surface area contributed by atoms with E-state index in [4.69, 9.17) is 0 Å². The fourth-order valence-electron chi connectivity index (χ4n) is 4.14. The molecule has 2 amide bonds. The highest BCUT2D eigenvalue weighted by atomic mass is 32.2. The zero-order valence-electron chi connectivity index (χ0n) is 22.8. The fraction of sp³-hybridized carbons (Fsp3) is 0.333. The van der Waals surface area contributed by atoms with Crippen molar-refractivity contribution in [1.29, 1.82) is 0 Å². The average molecular weight is 536 g/mol. The highest BCUT2D eigenvalue weighted by molar-refractivity contribution is 7.92. The molecule has 0 saturated carbocycles. The number of benzene rings is 3. The first-order valence-corrected chi connectivity index (χ1v) is 14.3. The number of sulfonamides is 1. The van der Waals surface area contributed by atoms with E-state index in [1.807, 2.05) is 58.0 Å². The molecule has 1 unspecified atom stereocenters. The van der Waals surface area contributed by atoms with Crippen molar-refractivity contribution >= 4 is 27.5 Å². The van der Waals surface area contributed by atoms with E-state index in [1.54, 1.807) is 49.4 Å². The minimum atomic E-state index is -4.07. The Labute approximate surface area is 226 Å². The van der Waals surface area contributed by atoms with Crippen molar-refractivity contribution in [2.24, 2.45) is 0 Å². The highest BCUT2D eigenvalue weighted by Gasteiger charge is 2.32. The molecular weight excluding hydrogens is 498 g/mol. The van der Waals surface area contributed by atoms with Crippen LogP contribution in [-0.2, 0) is 26.2 Å². The third kappa shape index (κ3) is 7.22. The maximum Gasteiger partial charge on any atom is 0.264 e. The predicted molar refractivity (Wildman–Crippen MR) is 151 cm³/mol. The number of carbonyl (C=O) groups is 2. The van der Waals surface area contributed by atoms with Gasteiger partial charge in [0.05, 0.1) is 10.6 Å². The second-order valence-electron chi connectivity index (χ2n) is 9.64. The number of hydrogen-bond acceptors (Lipinski definition) is 4. The van der Waals surface area contributed by atoms with E-state index in [2.05, 4.69) is 5.32 Å². The summed E-state index contributed by atoms with van der Waals surface area (Å²) in [6.45, 7) is 9.55. The van der Waals surface area contributed by atoms with Gasteiger partial charge in [-0.1, -0.05) is 66.6 Å². The van der Waals surface area contributed by atoms with Gasteiger partial charge in [0, 0.05) is 13.1 Å². The van der Waals surface area contributed by atoms with E-state index in [9.17, 15) is 18.0 Å². The molecule has 1 atom stereocenters. The van der Waals surface area contributed by atoms with Crippen LogP contribution in [0, 0.1) is 20.8 Å². The molecule has 38 heavy (non-hydrogen) atoms. The van der Waals surface area contributed by atoms with Crippen molar-refractivity contribution in [3.63, 3.8) is 0 Å². The lowest BCUT2D eigenvalue weighted by Crippen LogP contribution is -2.51. The van der Waals surface area contributed by atoms with Gasteiger partial charge in [-0.25, -0.2) is 8.42 Å². The predicted octanol–water partition coefficient (Wildman–Crippen LogP) is 4.75. The lowest BCUT2D eigenvalue weighted by Gasteiger charge is -2.32. The number of anilines is 1. The molecule has 3 aromatic carbocycles. The molecule has 0 aliphatic rings. The quantitative estimate of drug-likeness (QED) is 0.384. The maximum atomic E-state index is 13.9. The van der Waals surface area contributed by atoms with Gasteiger partial charge in [-0.05, 0) is 69.5 Å². The number of amides is 2. The fourth-order valence-corrected chi connectivity index (χ4v) is 5.54. The average Bonchev–Trinajstić information content (AvgIpc) is 2.88. The lowest BCUT2D eigenvalue weighted by molar-refractivity contribution is -0.139. The topological polar surface area (TPSA) is 86.8 Å². The summed E-state index contributed by atoms with van der Waals surface area (Å²) in [6.07, 6.45) is 0.764. The van der Waals surface area contributed by atoms with Crippen molar-refractivity contribution in [2.45, 2.75) is 58.5 Å². The molecule has 0 radical (unpaired) electrons. The summed E-state index contributed by atoms with van der Waals surface area (Å²) in [5.74, 6) is -0.751. The Morgan fingerprint density at radius 1 is 0.868 bits per heavy atom. The van der Waals surface area contributed by atoms with Gasteiger partial charge in [-0.2, -0.15) is 0 Å². The van der Waals surface area contributed by atoms with Gasteiger partial charge in [-0.15, -0.1) is 0 Å². The van der Waals surface area contributed by atoms with Gasteiger partial charge in [-0.3, -0.25) is 13.9 Å². The zero-order chi connectivity index (χ0) is 27.9. The van der Waals surface area contributed by atoms with E-state index in [0.29, 0.717) is 12.2 Å². The molecule has 3 aromatic rings. The molecule has 0 spiro atoms. The van der Waals surface area contributed by atoms with Crippen LogP contribution in [0.4, 0.5) is 5.69 Å². The number of nitrogens with zero attached hydrogens (tertiary/aromatic N) is 2. The van der Waals surface area contributed by atoms with E-state index >= 15 is 0 Å². The molecule has 0 aromatic heterocycles. The van der Waals surface area contributed by atoms with Gasteiger partial charge >= 0.3 is 0 Å². The Bertz CT molecular complexity index is 1370. The summed E-state index contributed by atoms with van der Waals surface area (Å²) in [6, 6.07) is 20.5. The molecule has 0 bridgehead atoms. The largest absolute Gasteiger partial charge is 0.354 e. The number of nitrogens with one attached hydrogen (secondary N) is 1. The molecule has 0 heterocycles. The Morgan fingerprint density at radius 3 is 2.11 bits per heavy atom. The first kappa shape index (κ1) is 28.9. The number of carbonyl (C=O) groups excluding carboxylic acids is 2. The van der Waals surface area contributed by atoms with Gasteiger partial charge in [0.1, 0.15) is 12.6 Å². The number of aryl methyl sites for hydroxylation is 3. The molecule has 0 fully saturated rings.